The average Bonchev–Trinajstić information content (AvgIpc) is 2.87. The van der Waals surface area contributed by atoms with Crippen molar-refractivity contribution in [2.75, 3.05) is 0 Å². The fourth-order valence-electron chi connectivity index (χ4n) is 1.15. The lowest BCUT2D eigenvalue weighted by atomic mass is 10.2. The second-order valence-corrected chi connectivity index (χ2v) is 3.20. The smallest absolute Gasteiger partial charge is 0.365 e. The maximum absolute atomic E-state index is 11.8. The minimum atomic E-state index is -4.11. The van der Waals surface area contributed by atoms with Gasteiger partial charge in [-0.3, -0.25) is 4.79 Å². The van der Waals surface area contributed by atoms with E-state index in [0.717, 1.165) is 0 Å². The second-order valence-electron chi connectivity index (χ2n) is 3.20. The van der Waals surface area contributed by atoms with Gasteiger partial charge in [0.1, 0.15) is 12.4 Å². The molecule has 2 nitrogen and oxygen atoms in total. The molecule has 0 aromatic carbocycles. The number of aldehydes is 1. The van der Waals surface area contributed by atoms with Crippen LogP contribution in [0.25, 0.3) is 0 Å². The molecule has 1 fully saturated rings. The molecule has 1 aliphatic heterocycles. The number of alkyl halides is 3. The number of ether oxygens (including phenoxy) is 1. The zero-order chi connectivity index (χ0) is 11.3. The second kappa shape index (κ2) is 5.11. The van der Waals surface area contributed by atoms with Crippen LogP contribution in [0.2, 0.25) is 0 Å². The molecule has 2 atom stereocenters. The summed E-state index contributed by atoms with van der Waals surface area (Å²) in [6, 6.07) is 0. The molecule has 0 spiro atoms. The molecule has 1 saturated heterocycles. The molecule has 0 bridgehead atoms. The van der Waals surface area contributed by atoms with E-state index < -0.39 is 12.6 Å². The number of carbonyl (C=O) groups is 1. The number of epoxide rings is 1. The summed E-state index contributed by atoms with van der Waals surface area (Å²) in [6.45, 7) is 0. The highest BCUT2D eigenvalue weighted by molar-refractivity contribution is 5.65. The van der Waals surface area contributed by atoms with Gasteiger partial charge in [0.25, 0.3) is 0 Å². The molecule has 0 radical (unpaired) electrons. The van der Waals surface area contributed by atoms with Crippen LogP contribution in [0.1, 0.15) is 12.8 Å². The number of hydrogen-bond donors (Lipinski definition) is 0. The van der Waals surface area contributed by atoms with E-state index in [4.69, 9.17) is 4.74 Å². The van der Waals surface area contributed by atoms with Crippen LogP contribution in [0.3, 0.4) is 0 Å². The minimum Gasteiger partial charge on any atom is -0.365 e. The first kappa shape index (κ1) is 12.0. The van der Waals surface area contributed by atoms with Crippen LogP contribution in [0.15, 0.2) is 24.3 Å². The summed E-state index contributed by atoms with van der Waals surface area (Å²) in [6.07, 6.45) is 1.17. The predicted octanol–water partition coefficient (Wildman–Crippen LogP) is 2.41. The monoisotopic (exact) mass is 220 g/mol. The number of halogens is 3. The Kier molecular flexibility index (Phi) is 4.08. The normalized spacial score (nSPS) is 26.3. The summed E-state index contributed by atoms with van der Waals surface area (Å²) in [5.41, 5.74) is 0. The minimum absolute atomic E-state index is 0.00407. The van der Waals surface area contributed by atoms with Crippen LogP contribution in [0, 0.1) is 0 Å². The maximum atomic E-state index is 11.8. The molecular formula is C10H11F3O2. The van der Waals surface area contributed by atoms with Crippen molar-refractivity contribution in [1.82, 2.24) is 0 Å². The highest BCUT2D eigenvalue weighted by Crippen LogP contribution is 2.32. The summed E-state index contributed by atoms with van der Waals surface area (Å²) in [5, 5.41) is 0. The third-order valence-corrected chi connectivity index (χ3v) is 1.94. The molecule has 5 heteroatoms. The van der Waals surface area contributed by atoms with Crippen molar-refractivity contribution in [3.05, 3.63) is 24.3 Å². The van der Waals surface area contributed by atoms with Crippen LogP contribution >= 0.6 is 0 Å². The Morgan fingerprint density at radius 1 is 1.20 bits per heavy atom. The van der Waals surface area contributed by atoms with Gasteiger partial charge in [0.15, 0.2) is 0 Å². The van der Waals surface area contributed by atoms with Gasteiger partial charge in [0.2, 0.25) is 0 Å². The Morgan fingerprint density at radius 2 is 1.93 bits per heavy atom. The molecule has 0 unspecified atom stereocenters. The Bertz CT molecular complexity index is 268. The number of rotatable bonds is 5. The first-order chi connectivity index (χ1) is 7.03. The van der Waals surface area contributed by atoms with Gasteiger partial charge in [0.05, 0.1) is 6.10 Å². The zero-order valence-corrected chi connectivity index (χ0v) is 7.91. The summed E-state index contributed by atoms with van der Waals surface area (Å²) in [4.78, 5) is 9.87. The van der Waals surface area contributed by atoms with Gasteiger partial charge >= 0.3 is 6.18 Å². The predicted molar refractivity (Wildman–Crippen MR) is 48.3 cm³/mol. The summed E-state index contributed by atoms with van der Waals surface area (Å²) < 4.78 is 40.4. The molecule has 0 aromatic heterocycles. The van der Waals surface area contributed by atoms with Crippen LogP contribution in [0.4, 0.5) is 13.2 Å². The van der Waals surface area contributed by atoms with Gasteiger partial charge in [-0.1, -0.05) is 18.2 Å². The SMILES string of the molecule is O=CC=CC=C[C@H]1O[C@@H]1CCC(F)(F)F. The molecule has 0 N–H and O–H groups in total. The maximum Gasteiger partial charge on any atom is 0.389 e. The van der Waals surface area contributed by atoms with Crippen LogP contribution in [0.5, 0.6) is 0 Å². The molecule has 1 rings (SSSR count). The molecular weight excluding hydrogens is 209 g/mol. The van der Waals surface area contributed by atoms with E-state index in [0.29, 0.717) is 6.29 Å². The quantitative estimate of drug-likeness (QED) is 0.308. The van der Waals surface area contributed by atoms with E-state index in [9.17, 15) is 18.0 Å². The van der Waals surface area contributed by atoms with Gasteiger partial charge in [0, 0.05) is 6.42 Å². The lowest BCUT2D eigenvalue weighted by Crippen LogP contribution is -2.08. The highest BCUT2D eigenvalue weighted by Gasteiger charge is 2.39. The third-order valence-electron chi connectivity index (χ3n) is 1.94. The lowest BCUT2D eigenvalue weighted by Gasteiger charge is -2.02. The number of carbonyl (C=O) groups excluding carboxylic acids is 1. The Hall–Kier alpha value is -1.10. The van der Waals surface area contributed by atoms with Crippen molar-refractivity contribution >= 4 is 6.29 Å². The summed E-state index contributed by atoms with van der Waals surface area (Å²) in [5.74, 6) is 0. The fraction of sp³-hybridized carbons (Fsp3) is 0.500. The van der Waals surface area contributed by atoms with Crippen molar-refractivity contribution in [2.24, 2.45) is 0 Å². The van der Waals surface area contributed by atoms with Crippen LogP contribution in [-0.2, 0) is 9.53 Å². The first-order valence-electron chi connectivity index (χ1n) is 4.54. The third kappa shape index (κ3) is 5.37. The van der Waals surface area contributed by atoms with Gasteiger partial charge < -0.3 is 4.74 Å². The van der Waals surface area contributed by atoms with E-state index in [1.165, 1.54) is 12.2 Å². The highest BCUT2D eigenvalue weighted by atomic mass is 19.4. The Morgan fingerprint density at radius 3 is 2.53 bits per heavy atom. The average molecular weight is 220 g/mol. The van der Waals surface area contributed by atoms with Crippen molar-refractivity contribution in [3.8, 4) is 0 Å². The van der Waals surface area contributed by atoms with E-state index in [-0.39, 0.29) is 18.6 Å². The van der Waals surface area contributed by atoms with Gasteiger partial charge in [-0.25, -0.2) is 0 Å². The molecule has 0 saturated carbocycles. The fourth-order valence-corrected chi connectivity index (χ4v) is 1.15. The van der Waals surface area contributed by atoms with Gasteiger partial charge in [-0.05, 0) is 12.5 Å². The van der Waals surface area contributed by atoms with E-state index in [1.807, 2.05) is 0 Å². The molecule has 1 heterocycles. The first-order valence-corrected chi connectivity index (χ1v) is 4.54. The van der Waals surface area contributed by atoms with E-state index in [1.54, 1.807) is 12.2 Å². The topological polar surface area (TPSA) is 29.6 Å². The zero-order valence-electron chi connectivity index (χ0n) is 7.91. The van der Waals surface area contributed by atoms with Gasteiger partial charge in [-0.2, -0.15) is 13.2 Å². The van der Waals surface area contributed by atoms with E-state index in [2.05, 4.69) is 0 Å². The van der Waals surface area contributed by atoms with E-state index >= 15 is 0 Å². The summed E-state index contributed by atoms with van der Waals surface area (Å²) in [7, 11) is 0. The molecule has 84 valence electrons. The van der Waals surface area contributed by atoms with Crippen molar-refractivity contribution < 1.29 is 22.7 Å². The molecule has 0 aliphatic carbocycles. The van der Waals surface area contributed by atoms with Gasteiger partial charge in [-0.15, -0.1) is 0 Å². The Balaban J connectivity index is 2.15. The van der Waals surface area contributed by atoms with Crippen molar-refractivity contribution in [3.63, 3.8) is 0 Å². The number of allylic oxidation sites excluding steroid dienone is 3. The molecule has 0 amide bonds. The van der Waals surface area contributed by atoms with Crippen LogP contribution in [-0.4, -0.2) is 24.7 Å². The van der Waals surface area contributed by atoms with Crippen molar-refractivity contribution in [1.29, 1.82) is 0 Å². The molecule has 1 aliphatic rings. The molecule has 0 aromatic rings. The standard InChI is InChI=1S/C10H11F3O2/c11-10(12,13)6-5-9-8(15-9)4-2-1-3-7-14/h1-4,7-9H,5-6H2/t8-,9-/m1/s1. The molecule has 15 heavy (non-hydrogen) atoms. The lowest BCUT2D eigenvalue weighted by molar-refractivity contribution is -0.136. The largest absolute Gasteiger partial charge is 0.389 e. The summed E-state index contributed by atoms with van der Waals surface area (Å²) >= 11 is 0. The van der Waals surface area contributed by atoms with Crippen LogP contribution < -0.4 is 0 Å². The Labute approximate surface area is 85.4 Å². The number of hydrogen-bond acceptors (Lipinski definition) is 2. The van der Waals surface area contributed by atoms with Crippen molar-refractivity contribution in [2.45, 2.75) is 31.2 Å².